The van der Waals surface area contributed by atoms with Crippen LogP contribution in [0.2, 0.25) is 0 Å². The van der Waals surface area contributed by atoms with E-state index in [-0.39, 0.29) is 0 Å². The molecule has 0 aromatic rings. The molecule has 2 rings (SSSR count). The first-order valence-corrected chi connectivity index (χ1v) is 4.94. The van der Waals surface area contributed by atoms with E-state index in [4.69, 9.17) is 4.74 Å². The molecule has 1 aliphatic carbocycles. The van der Waals surface area contributed by atoms with Crippen LogP contribution in [-0.4, -0.2) is 13.2 Å². The second-order valence-electron chi connectivity index (χ2n) is 4.32. The lowest BCUT2D eigenvalue weighted by atomic mass is 9.76. The molecule has 1 aliphatic heterocycles. The second kappa shape index (κ2) is 3.14. The van der Waals surface area contributed by atoms with Gasteiger partial charge in [-0.1, -0.05) is 19.8 Å². The molecule has 1 saturated heterocycles. The molecule has 0 aromatic carbocycles. The van der Waals surface area contributed by atoms with Crippen molar-refractivity contribution < 1.29 is 4.74 Å². The van der Waals surface area contributed by atoms with Crippen LogP contribution in [0.3, 0.4) is 0 Å². The molecule has 0 spiro atoms. The molecular weight excluding hydrogens is 136 g/mol. The topological polar surface area (TPSA) is 9.23 Å². The molecule has 2 aliphatic rings. The minimum Gasteiger partial charge on any atom is -0.381 e. The van der Waals surface area contributed by atoms with E-state index < -0.39 is 0 Å². The maximum Gasteiger partial charge on any atom is 0.0519 e. The molecule has 0 bridgehead atoms. The highest BCUT2D eigenvalue weighted by Gasteiger charge is 2.30. The quantitative estimate of drug-likeness (QED) is 0.563. The average Bonchev–Trinajstić information content (AvgIpc) is 1.90. The van der Waals surface area contributed by atoms with E-state index in [1.165, 1.54) is 25.7 Å². The zero-order valence-electron chi connectivity index (χ0n) is 7.38. The molecule has 2 fully saturated rings. The first kappa shape index (κ1) is 7.60. The highest BCUT2D eigenvalue weighted by atomic mass is 16.5. The van der Waals surface area contributed by atoms with Gasteiger partial charge in [0, 0.05) is 5.92 Å². The minimum absolute atomic E-state index is 0.933. The van der Waals surface area contributed by atoms with E-state index in [2.05, 4.69) is 6.92 Å². The van der Waals surface area contributed by atoms with E-state index >= 15 is 0 Å². The van der Waals surface area contributed by atoms with Crippen molar-refractivity contribution in [3.05, 3.63) is 0 Å². The molecule has 0 unspecified atom stereocenters. The van der Waals surface area contributed by atoms with Crippen molar-refractivity contribution in [2.24, 2.45) is 17.8 Å². The van der Waals surface area contributed by atoms with Crippen molar-refractivity contribution in [3.8, 4) is 0 Å². The van der Waals surface area contributed by atoms with Gasteiger partial charge in [-0.15, -0.1) is 0 Å². The summed E-state index contributed by atoms with van der Waals surface area (Å²) in [6, 6.07) is 0. The fourth-order valence-corrected chi connectivity index (χ4v) is 2.28. The predicted octanol–water partition coefficient (Wildman–Crippen LogP) is 2.46. The number of hydrogen-bond acceptors (Lipinski definition) is 1. The van der Waals surface area contributed by atoms with Crippen molar-refractivity contribution in [2.45, 2.75) is 32.6 Å². The van der Waals surface area contributed by atoms with Crippen LogP contribution in [-0.2, 0) is 4.74 Å². The average molecular weight is 154 g/mol. The third-order valence-electron chi connectivity index (χ3n) is 3.39. The first-order chi connectivity index (χ1) is 5.36. The molecule has 11 heavy (non-hydrogen) atoms. The maximum atomic E-state index is 5.21. The Balaban J connectivity index is 1.77. The Morgan fingerprint density at radius 2 is 1.55 bits per heavy atom. The van der Waals surface area contributed by atoms with Crippen molar-refractivity contribution in [1.29, 1.82) is 0 Å². The Bertz CT molecular complexity index is 121. The summed E-state index contributed by atoms with van der Waals surface area (Å²) < 4.78 is 5.21. The van der Waals surface area contributed by atoms with Crippen LogP contribution >= 0.6 is 0 Å². The van der Waals surface area contributed by atoms with Crippen LogP contribution in [0, 0.1) is 17.8 Å². The molecule has 0 N–H and O–H groups in total. The van der Waals surface area contributed by atoms with Gasteiger partial charge in [0.1, 0.15) is 0 Å². The lowest BCUT2D eigenvalue weighted by Gasteiger charge is -2.37. The first-order valence-electron chi connectivity index (χ1n) is 4.94. The molecule has 0 aromatic heterocycles. The normalized spacial score (nSPS) is 40.1. The third kappa shape index (κ3) is 1.58. The highest BCUT2D eigenvalue weighted by Crippen LogP contribution is 2.35. The molecule has 1 heterocycles. The van der Waals surface area contributed by atoms with E-state index in [1.54, 1.807) is 0 Å². The smallest absolute Gasteiger partial charge is 0.0519 e. The SMILES string of the molecule is CC1CCC(C2COC2)CC1. The lowest BCUT2D eigenvalue weighted by molar-refractivity contribution is -0.0697. The van der Waals surface area contributed by atoms with Crippen LogP contribution in [0.4, 0.5) is 0 Å². The van der Waals surface area contributed by atoms with Crippen molar-refractivity contribution in [3.63, 3.8) is 0 Å². The van der Waals surface area contributed by atoms with Gasteiger partial charge < -0.3 is 4.74 Å². The molecule has 0 atom stereocenters. The van der Waals surface area contributed by atoms with Gasteiger partial charge in [0.2, 0.25) is 0 Å². The van der Waals surface area contributed by atoms with E-state index in [0.29, 0.717) is 0 Å². The molecule has 1 nitrogen and oxygen atoms in total. The summed E-state index contributed by atoms with van der Waals surface area (Å²) in [6.45, 7) is 4.49. The fraction of sp³-hybridized carbons (Fsp3) is 1.00. The van der Waals surface area contributed by atoms with Crippen molar-refractivity contribution >= 4 is 0 Å². The summed E-state index contributed by atoms with van der Waals surface area (Å²) in [6.07, 6.45) is 5.85. The van der Waals surface area contributed by atoms with Crippen LogP contribution in [0.5, 0.6) is 0 Å². The van der Waals surface area contributed by atoms with Gasteiger partial charge >= 0.3 is 0 Å². The summed E-state index contributed by atoms with van der Waals surface area (Å²) >= 11 is 0. The molecule has 64 valence electrons. The zero-order valence-corrected chi connectivity index (χ0v) is 7.38. The van der Waals surface area contributed by atoms with E-state index in [0.717, 1.165) is 31.0 Å². The van der Waals surface area contributed by atoms with Gasteiger partial charge in [-0.3, -0.25) is 0 Å². The molecule has 1 heteroatoms. The van der Waals surface area contributed by atoms with Gasteiger partial charge in [-0.2, -0.15) is 0 Å². The Labute approximate surface area is 69.1 Å². The van der Waals surface area contributed by atoms with Crippen LogP contribution in [0.15, 0.2) is 0 Å². The second-order valence-corrected chi connectivity index (χ2v) is 4.32. The van der Waals surface area contributed by atoms with Gasteiger partial charge in [-0.25, -0.2) is 0 Å². The number of ether oxygens (including phenoxy) is 1. The minimum atomic E-state index is 0.933. The molecule has 1 saturated carbocycles. The maximum absolute atomic E-state index is 5.21. The summed E-state index contributed by atoms with van der Waals surface area (Å²) in [5, 5.41) is 0. The largest absolute Gasteiger partial charge is 0.381 e. The zero-order chi connectivity index (χ0) is 7.68. The van der Waals surface area contributed by atoms with Gasteiger partial charge in [0.05, 0.1) is 13.2 Å². The highest BCUT2D eigenvalue weighted by molar-refractivity contribution is 4.79. The summed E-state index contributed by atoms with van der Waals surface area (Å²) in [4.78, 5) is 0. The van der Waals surface area contributed by atoms with Crippen LogP contribution in [0.1, 0.15) is 32.6 Å². The number of hydrogen-bond donors (Lipinski definition) is 0. The summed E-state index contributed by atoms with van der Waals surface area (Å²) in [7, 11) is 0. The fourth-order valence-electron chi connectivity index (χ4n) is 2.28. The summed E-state index contributed by atoms with van der Waals surface area (Å²) in [5.74, 6) is 2.94. The third-order valence-corrected chi connectivity index (χ3v) is 3.39. The van der Waals surface area contributed by atoms with Gasteiger partial charge in [-0.05, 0) is 24.7 Å². The van der Waals surface area contributed by atoms with Gasteiger partial charge in [0.15, 0.2) is 0 Å². The van der Waals surface area contributed by atoms with Gasteiger partial charge in [0.25, 0.3) is 0 Å². The van der Waals surface area contributed by atoms with Crippen molar-refractivity contribution in [1.82, 2.24) is 0 Å². The van der Waals surface area contributed by atoms with E-state index in [1.807, 2.05) is 0 Å². The van der Waals surface area contributed by atoms with Crippen LogP contribution < -0.4 is 0 Å². The molecule has 0 amide bonds. The molecule has 0 radical (unpaired) electrons. The molecular formula is C10H18O. The van der Waals surface area contributed by atoms with Crippen LogP contribution in [0.25, 0.3) is 0 Å². The van der Waals surface area contributed by atoms with Crippen molar-refractivity contribution in [2.75, 3.05) is 13.2 Å². The Kier molecular flexibility index (Phi) is 2.17. The Morgan fingerprint density at radius 1 is 0.909 bits per heavy atom. The Hall–Kier alpha value is -0.0400. The number of rotatable bonds is 1. The monoisotopic (exact) mass is 154 g/mol. The predicted molar refractivity (Wildman–Crippen MR) is 45.4 cm³/mol. The summed E-state index contributed by atoms with van der Waals surface area (Å²) in [5.41, 5.74) is 0. The Morgan fingerprint density at radius 3 is 2.00 bits per heavy atom. The lowest BCUT2D eigenvalue weighted by Crippen LogP contribution is -2.36. The van der Waals surface area contributed by atoms with E-state index in [9.17, 15) is 0 Å². The standard InChI is InChI=1S/C10H18O/c1-8-2-4-9(5-3-8)10-6-11-7-10/h8-10H,2-7H2,1H3.